The molecule has 1 aromatic rings. The summed E-state index contributed by atoms with van der Waals surface area (Å²) in [5, 5.41) is 0. The van der Waals surface area contributed by atoms with Crippen LogP contribution in [-0.2, 0) is 4.79 Å². The van der Waals surface area contributed by atoms with Crippen molar-refractivity contribution in [2.24, 2.45) is 5.73 Å². The fraction of sp³-hybridized carbons (Fsp3) is 0.0909. The molecular formula is C11H11NO2. The van der Waals surface area contributed by atoms with Crippen molar-refractivity contribution < 1.29 is 9.59 Å². The zero-order valence-electron chi connectivity index (χ0n) is 7.86. The zero-order chi connectivity index (χ0) is 10.6. The standard InChI is InChI=1S/C11H11NO2/c1-8(13)2-3-9-4-6-10(7-5-9)11(12)14/h2-7H,1H3,(H2,12,14)/b3-2+. The number of nitrogens with two attached hydrogens (primary N) is 1. The highest BCUT2D eigenvalue weighted by Gasteiger charge is 1.97. The third-order valence-corrected chi connectivity index (χ3v) is 1.71. The average Bonchev–Trinajstić information content (AvgIpc) is 2.15. The minimum Gasteiger partial charge on any atom is -0.366 e. The molecule has 1 amide bonds. The molecule has 0 aromatic heterocycles. The third kappa shape index (κ3) is 2.86. The van der Waals surface area contributed by atoms with E-state index < -0.39 is 5.91 Å². The number of hydrogen-bond acceptors (Lipinski definition) is 2. The van der Waals surface area contributed by atoms with Gasteiger partial charge < -0.3 is 5.73 Å². The Morgan fingerprint density at radius 3 is 2.21 bits per heavy atom. The number of benzene rings is 1. The summed E-state index contributed by atoms with van der Waals surface area (Å²) in [4.78, 5) is 21.4. The lowest BCUT2D eigenvalue weighted by atomic mass is 10.1. The van der Waals surface area contributed by atoms with Crippen LogP contribution in [0, 0.1) is 0 Å². The summed E-state index contributed by atoms with van der Waals surface area (Å²) in [5.41, 5.74) is 6.40. The lowest BCUT2D eigenvalue weighted by molar-refractivity contribution is -0.112. The Balaban J connectivity index is 2.83. The summed E-state index contributed by atoms with van der Waals surface area (Å²) in [7, 11) is 0. The fourth-order valence-electron chi connectivity index (χ4n) is 0.972. The maximum Gasteiger partial charge on any atom is 0.248 e. The summed E-state index contributed by atoms with van der Waals surface area (Å²) in [5.74, 6) is -0.462. The van der Waals surface area contributed by atoms with Gasteiger partial charge in [-0.1, -0.05) is 18.2 Å². The van der Waals surface area contributed by atoms with Crippen molar-refractivity contribution >= 4 is 17.8 Å². The van der Waals surface area contributed by atoms with Crippen LogP contribution in [0.5, 0.6) is 0 Å². The molecule has 1 aromatic carbocycles. The van der Waals surface area contributed by atoms with Gasteiger partial charge in [0.15, 0.2) is 5.78 Å². The van der Waals surface area contributed by atoms with Crippen molar-refractivity contribution in [3.05, 3.63) is 41.5 Å². The van der Waals surface area contributed by atoms with E-state index in [1.165, 1.54) is 13.0 Å². The molecule has 3 heteroatoms. The first kappa shape index (κ1) is 10.2. The van der Waals surface area contributed by atoms with Crippen LogP contribution < -0.4 is 5.73 Å². The first-order chi connectivity index (χ1) is 6.59. The Morgan fingerprint density at radius 1 is 1.21 bits per heavy atom. The number of rotatable bonds is 3. The number of amides is 1. The SMILES string of the molecule is CC(=O)/C=C/c1ccc(C(N)=O)cc1. The third-order valence-electron chi connectivity index (χ3n) is 1.71. The van der Waals surface area contributed by atoms with Crippen molar-refractivity contribution in [3.63, 3.8) is 0 Å². The van der Waals surface area contributed by atoms with Crippen LogP contribution in [-0.4, -0.2) is 11.7 Å². The topological polar surface area (TPSA) is 60.2 Å². The molecule has 0 spiro atoms. The van der Waals surface area contributed by atoms with Gasteiger partial charge in [0.05, 0.1) is 0 Å². The summed E-state index contributed by atoms with van der Waals surface area (Å²) >= 11 is 0. The van der Waals surface area contributed by atoms with Crippen molar-refractivity contribution in [3.8, 4) is 0 Å². The van der Waals surface area contributed by atoms with E-state index in [2.05, 4.69) is 0 Å². The van der Waals surface area contributed by atoms with E-state index >= 15 is 0 Å². The van der Waals surface area contributed by atoms with E-state index in [-0.39, 0.29) is 5.78 Å². The van der Waals surface area contributed by atoms with E-state index in [0.717, 1.165) is 5.56 Å². The molecule has 1 rings (SSSR count). The highest BCUT2D eigenvalue weighted by molar-refractivity contribution is 5.93. The highest BCUT2D eigenvalue weighted by Crippen LogP contribution is 2.05. The second-order valence-corrected chi connectivity index (χ2v) is 2.93. The van der Waals surface area contributed by atoms with Gasteiger partial charge in [-0.2, -0.15) is 0 Å². The van der Waals surface area contributed by atoms with Gasteiger partial charge in [-0.05, 0) is 30.7 Å². The molecule has 0 atom stereocenters. The second-order valence-electron chi connectivity index (χ2n) is 2.93. The molecule has 14 heavy (non-hydrogen) atoms. The molecule has 0 radical (unpaired) electrons. The maximum atomic E-state index is 10.7. The van der Waals surface area contributed by atoms with Gasteiger partial charge in [0, 0.05) is 5.56 Å². The molecule has 0 aliphatic carbocycles. The molecule has 3 nitrogen and oxygen atoms in total. The molecule has 0 aliphatic heterocycles. The quantitative estimate of drug-likeness (QED) is 0.730. The average molecular weight is 189 g/mol. The van der Waals surface area contributed by atoms with Crippen LogP contribution in [0.3, 0.4) is 0 Å². The van der Waals surface area contributed by atoms with E-state index in [0.29, 0.717) is 5.56 Å². The minimum atomic E-state index is -0.452. The lowest BCUT2D eigenvalue weighted by Crippen LogP contribution is -2.10. The molecule has 2 N–H and O–H groups in total. The van der Waals surface area contributed by atoms with Gasteiger partial charge in [-0.15, -0.1) is 0 Å². The van der Waals surface area contributed by atoms with Gasteiger partial charge in [0.2, 0.25) is 5.91 Å². The molecule has 0 heterocycles. The fourth-order valence-corrected chi connectivity index (χ4v) is 0.972. The predicted octanol–water partition coefficient (Wildman–Crippen LogP) is 1.39. The van der Waals surface area contributed by atoms with Crippen molar-refractivity contribution in [1.82, 2.24) is 0 Å². The Morgan fingerprint density at radius 2 is 1.79 bits per heavy atom. The van der Waals surface area contributed by atoms with Gasteiger partial charge in [-0.3, -0.25) is 9.59 Å². The van der Waals surface area contributed by atoms with E-state index in [1.54, 1.807) is 30.3 Å². The lowest BCUT2D eigenvalue weighted by Gasteiger charge is -1.95. The largest absolute Gasteiger partial charge is 0.366 e. The van der Waals surface area contributed by atoms with E-state index in [1.807, 2.05) is 0 Å². The van der Waals surface area contributed by atoms with Crippen LogP contribution in [0.25, 0.3) is 6.08 Å². The van der Waals surface area contributed by atoms with Crippen molar-refractivity contribution in [2.45, 2.75) is 6.92 Å². The Labute approximate surface area is 82.2 Å². The molecule has 72 valence electrons. The predicted molar refractivity (Wildman–Crippen MR) is 54.7 cm³/mol. The summed E-state index contributed by atoms with van der Waals surface area (Å²) in [6.07, 6.45) is 3.16. The minimum absolute atomic E-state index is 0.0102. The Hall–Kier alpha value is -1.90. The van der Waals surface area contributed by atoms with Crippen LogP contribution in [0.2, 0.25) is 0 Å². The Bertz CT molecular complexity index is 377. The maximum absolute atomic E-state index is 10.7. The van der Waals surface area contributed by atoms with Crippen LogP contribution in [0.1, 0.15) is 22.8 Å². The monoisotopic (exact) mass is 189 g/mol. The molecule has 0 saturated carbocycles. The molecule has 0 bridgehead atoms. The number of carbonyl (C=O) groups excluding carboxylic acids is 2. The molecule has 0 unspecified atom stereocenters. The van der Waals surface area contributed by atoms with Crippen LogP contribution in [0.15, 0.2) is 30.3 Å². The van der Waals surface area contributed by atoms with Gasteiger partial charge >= 0.3 is 0 Å². The Kier molecular flexibility index (Phi) is 3.18. The van der Waals surface area contributed by atoms with Gasteiger partial charge in [0.1, 0.15) is 0 Å². The molecule has 0 aliphatic rings. The number of ketones is 1. The van der Waals surface area contributed by atoms with Crippen LogP contribution >= 0.6 is 0 Å². The molecule has 0 saturated heterocycles. The first-order valence-corrected chi connectivity index (χ1v) is 4.18. The molecule has 0 fully saturated rings. The number of carbonyl (C=O) groups is 2. The van der Waals surface area contributed by atoms with E-state index in [9.17, 15) is 9.59 Å². The first-order valence-electron chi connectivity index (χ1n) is 4.18. The van der Waals surface area contributed by atoms with Crippen molar-refractivity contribution in [2.75, 3.05) is 0 Å². The number of hydrogen-bond donors (Lipinski definition) is 1. The summed E-state index contributed by atoms with van der Waals surface area (Å²) < 4.78 is 0. The number of primary amides is 1. The summed E-state index contributed by atoms with van der Waals surface area (Å²) in [6.45, 7) is 1.48. The highest BCUT2D eigenvalue weighted by atomic mass is 16.1. The second kappa shape index (κ2) is 4.37. The van der Waals surface area contributed by atoms with Gasteiger partial charge in [0.25, 0.3) is 0 Å². The normalized spacial score (nSPS) is 10.4. The van der Waals surface area contributed by atoms with Crippen molar-refractivity contribution in [1.29, 1.82) is 0 Å². The van der Waals surface area contributed by atoms with Gasteiger partial charge in [-0.25, -0.2) is 0 Å². The summed E-state index contributed by atoms with van der Waals surface area (Å²) in [6, 6.07) is 6.73. The smallest absolute Gasteiger partial charge is 0.248 e. The zero-order valence-corrected chi connectivity index (χ0v) is 7.86. The van der Waals surface area contributed by atoms with E-state index in [4.69, 9.17) is 5.73 Å². The number of allylic oxidation sites excluding steroid dienone is 1. The molecular weight excluding hydrogens is 178 g/mol. The van der Waals surface area contributed by atoms with Crippen LogP contribution in [0.4, 0.5) is 0 Å².